The monoisotopic (exact) mass is 308 g/mol. The number of nitrogens with two attached hydrogens (primary N) is 1. The van der Waals surface area contributed by atoms with Gasteiger partial charge in [-0.1, -0.05) is 29.5 Å². The molecular formula is C16H16N6O. The van der Waals surface area contributed by atoms with Crippen LogP contribution in [-0.2, 0) is 11.3 Å². The van der Waals surface area contributed by atoms with Crippen LogP contribution >= 0.6 is 0 Å². The molecule has 7 nitrogen and oxygen atoms in total. The SMILES string of the molecule is C/C(=N\NC(=O)Cn1nnc2ccccc21)c1ccc(N)cc1. The van der Waals surface area contributed by atoms with Crippen molar-refractivity contribution in [3.63, 3.8) is 0 Å². The highest BCUT2D eigenvalue weighted by Gasteiger charge is 2.08. The van der Waals surface area contributed by atoms with Gasteiger partial charge in [0.2, 0.25) is 0 Å². The number of amides is 1. The third-order valence-electron chi connectivity index (χ3n) is 3.39. The Morgan fingerprint density at radius 3 is 2.74 bits per heavy atom. The summed E-state index contributed by atoms with van der Waals surface area (Å²) in [6, 6.07) is 14.8. The first-order valence-corrected chi connectivity index (χ1v) is 7.11. The van der Waals surface area contributed by atoms with Gasteiger partial charge in [0.15, 0.2) is 0 Å². The average Bonchev–Trinajstić information content (AvgIpc) is 2.96. The van der Waals surface area contributed by atoms with Gasteiger partial charge in [-0.2, -0.15) is 5.10 Å². The molecule has 0 atom stereocenters. The number of carbonyl (C=O) groups excluding carboxylic acids is 1. The number of anilines is 1. The second kappa shape index (κ2) is 6.27. The first kappa shape index (κ1) is 14.7. The lowest BCUT2D eigenvalue weighted by Crippen LogP contribution is -2.24. The van der Waals surface area contributed by atoms with E-state index in [9.17, 15) is 4.79 Å². The van der Waals surface area contributed by atoms with Crippen LogP contribution in [-0.4, -0.2) is 26.6 Å². The Hall–Kier alpha value is -3.22. The Labute approximate surface area is 132 Å². The summed E-state index contributed by atoms with van der Waals surface area (Å²) in [7, 11) is 0. The summed E-state index contributed by atoms with van der Waals surface area (Å²) in [5.41, 5.74) is 12.0. The molecule has 0 aliphatic rings. The molecule has 3 rings (SSSR count). The lowest BCUT2D eigenvalue weighted by atomic mass is 10.1. The third kappa shape index (κ3) is 3.34. The van der Waals surface area contributed by atoms with E-state index in [1.54, 1.807) is 16.8 Å². The van der Waals surface area contributed by atoms with Crippen molar-refractivity contribution in [2.75, 3.05) is 5.73 Å². The number of aromatic nitrogens is 3. The Morgan fingerprint density at radius 2 is 1.96 bits per heavy atom. The number of hydrogen-bond donors (Lipinski definition) is 2. The van der Waals surface area contributed by atoms with E-state index in [1.807, 2.05) is 43.3 Å². The summed E-state index contributed by atoms with van der Waals surface area (Å²) >= 11 is 0. The van der Waals surface area contributed by atoms with Gasteiger partial charge in [0, 0.05) is 5.69 Å². The number of hydrazone groups is 1. The van der Waals surface area contributed by atoms with Crippen molar-refractivity contribution >= 4 is 28.3 Å². The predicted molar refractivity (Wildman–Crippen MR) is 88.7 cm³/mol. The predicted octanol–water partition coefficient (Wildman–Crippen LogP) is 1.55. The number of para-hydroxylation sites is 1. The molecule has 1 amide bonds. The molecule has 23 heavy (non-hydrogen) atoms. The third-order valence-corrected chi connectivity index (χ3v) is 3.39. The van der Waals surface area contributed by atoms with Crippen molar-refractivity contribution in [2.45, 2.75) is 13.5 Å². The van der Waals surface area contributed by atoms with Crippen molar-refractivity contribution in [1.82, 2.24) is 20.4 Å². The molecule has 0 spiro atoms. The lowest BCUT2D eigenvalue weighted by molar-refractivity contribution is -0.121. The molecule has 0 fully saturated rings. The van der Waals surface area contributed by atoms with Crippen LogP contribution < -0.4 is 11.2 Å². The maximum Gasteiger partial charge on any atom is 0.261 e. The molecule has 1 heterocycles. The van der Waals surface area contributed by atoms with Crippen LogP contribution in [0, 0.1) is 0 Å². The Balaban J connectivity index is 1.67. The van der Waals surface area contributed by atoms with Crippen LogP contribution in [0.15, 0.2) is 53.6 Å². The van der Waals surface area contributed by atoms with E-state index < -0.39 is 0 Å². The minimum absolute atomic E-state index is 0.0546. The molecule has 0 saturated heterocycles. The zero-order valence-electron chi connectivity index (χ0n) is 12.6. The minimum atomic E-state index is -0.268. The summed E-state index contributed by atoms with van der Waals surface area (Å²) < 4.78 is 1.54. The number of carbonyl (C=O) groups is 1. The molecule has 116 valence electrons. The quantitative estimate of drug-likeness (QED) is 0.434. The summed E-state index contributed by atoms with van der Waals surface area (Å²) in [4.78, 5) is 12.0. The molecule has 0 saturated carbocycles. The highest BCUT2D eigenvalue weighted by atomic mass is 16.2. The fourth-order valence-electron chi connectivity index (χ4n) is 2.14. The van der Waals surface area contributed by atoms with Crippen molar-refractivity contribution in [3.05, 3.63) is 54.1 Å². The number of benzene rings is 2. The number of nitrogens with zero attached hydrogens (tertiary/aromatic N) is 4. The van der Waals surface area contributed by atoms with Crippen LogP contribution in [0.5, 0.6) is 0 Å². The van der Waals surface area contributed by atoms with Gasteiger partial charge in [-0.05, 0) is 36.8 Å². The highest BCUT2D eigenvalue weighted by molar-refractivity contribution is 5.99. The summed E-state index contributed by atoms with van der Waals surface area (Å²) in [6.07, 6.45) is 0. The maximum atomic E-state index is 12.0. The van der Waals surface area contributed by atoms with E-state index in [-0.39, 0.29) is 12.5 Å². The van der Waals surface area contributed by atoms with Gasteiger partial charge in [0.05, 0.1) is 11.2 Å². The fraction of sp³-hybridized carbons (Fsp3) is 0.125. The van der Waals surface area contributed by atoms with Crippen LogP contribution in [0.3, 0.4) is 0 Å². The minimum Gasteiger partial charge on any atom is -0.399 e. The summed E-state index contributed by atoms with van der Waals surface area (Å²) in [6.45, 7) is 1.87. The number of nitrogen functional groups attached to an aromatic ring is 1. The van der Waals surface area contributed by atoms with Gasteiger partial charge in [0.1, 0.15) is 12.1 Å². The largest absolute Gasteiger partial charge is 0.399 e. The van der Waals surface area contributed by atoms with Gasteiger partial charge in [-0.25, -0.2) is 10.1 Å². The molecule has 0 aliphatic carbocycles. The average molecular weight is 308 g/mol. The summed E-state index contributed by atoms with van der Waals surface area (Å²) in [5, 5.41) is 12.1. The van der Waals surface area contributed by atoms with Crippen LogP contribution in [0.2, 0.25) is 0 Å². The Bertz CT molecular complexity index is 866. The van der Waals surface area contributed by atoms with Gasteiger partial charge in [0.25, 0.3) is 5.91 Å². The molecule has 2 aromatic carbocycles. The number of rotatable bonds is 4. The van der Waals surface area contributed by atoms with Crippen molar-refractivity contribution in [1.29, 1.82) is 0 Å². The Morgan fingerprint density at radius 1 is 1.22 bits per heavy atom. The lowest BCUT2D eigenvalue weighted by Gasteiger charge is -2.04. The van der Waals surface area contributed by atoms with E-state index in [2.05, 4.69) is 20.8 Å². The first-order chi connectivity index (χ1) is 11.1. The van der Waals surface area contributed by atoms with E-state index in [4.69, 9.17) is 5.73 Å². The van der Waals surface area contributed by atoms with Gasteiger partial charge in [-0.15, -0.1) is 5.10 Å². The van der Waals surface area contributed by atoms with E-state index in [1.165, 1.54) is 0 Å². The highest BCUT2D eigenvalue weighted by Crippen LogP contribution is 2.09. The molecule has 1 aromatic heterocycles. The summed E-state index contributed by atoms with van der Waals surface area (Å²) in [5.74, 6) is -0.268. The number of nitrogens with one attached hydrogen (secondary N) is 1. The maximum absolute atomic E-state index is 12.0. The number of fused-ring (bicyclic) bond motifs is 1. The zero-order valence-corrected chi connectivity index (χ0v) is 12.6. The molecule has 3 N–H and O–H groups in total. The van der Waals surface area contributed by atoms with Crippen molar-refractivity contribution in [3.8, 4) is 0 Å². The van der Waals surface area contributed by atoms with Crippen molar-refractivity contribution in [2.24, 2.45) is 5.10 Å². The van der Waals surface area contributed by atoms with Crippen molar-refractivity contribution < 1.29 is 4.79 Å². The molecule has 0 bridgehead atoms. The molecule has 0 unspecified atom stereocenters. The molecule has 0 aliphatic heterocycles. The molecular weight excluding hydrogens is 292 g/mol. The normalized spacial score (nSPS) is 11.6. The smallest absolute Gasteiger partial charge is 0.261 e. The topological polar surface area (TPSA) is 98.2 Å². The van der Waals surface area contributed by atoms with Crippen LogP contribution in [0.4, 0.5) is 5.69 Å². The fourth-order valence-corrected chi connectivity index (χ4v) is 2.14. The second-order valence-electron chi connectivity index (χ2n) is 5.09. The van der Waals surface area contributed by atoms with Crippen LogP contribution in [0.1, 0.15) is 12.5 Å². The molecule has 0 radical (unpaired) electrons. The van der Waals surface area contributed by atoms with E-state index in [0.717, 1.165) is 16.6 Å². The van der Waals surface area contributed by atoms with E-state index >= 15 is 0 Å². The van der Waals surface area contributed by atoms with Crippen LogP contribution in [0.25, 0.3) is 11.0 Å². The number of hydrogen-bond acceptors (Lipinski definition) is 5. The van der Waals surface area contributed by atoms with Gasteiger partial charge in [-0.3, -0.25) is 4.79 Å². The Kier molecular flexibility index (Phi) is 4.01. The first-order valence-electron chi connectivity index (χ1n) is 7.11. The standard InChI is InChI=1S/C16H16N6O/c1-11(12-6-8-13(17)9-7-12)18-20-16(23)10-22-15-5-3-2-4-14(15)19-21-22/h2-9H,10,17H2,1H3,(H,20,23)/b18-11+. The molecule has 7 heteroatoms. The van der Waals surface area contributed by atoms with E-state index in [0.29, 0.717) is 11.4 Å². The molecule has 3 aromatic rings. The van der Waals surface area contributed by atoms with Gasteiger partial charge >= 0.3 is 0 Å². The van der Waals surface area contributed by atoms with Gasteiger partial charge < -0.3 is 5.73 Å². The second-order valence-corrected chi connectivity index (χ2v) is 5.09. The zero-order chi connectivity index (χ0) is 16.2.